The zero-order chi connectivity index (χ0) is 13.1. The van der Waals surface area contributed by atoms with Crippen molar-refractivity contribution in [1.29, 1.82) is 0 Å². The van der Waals surface area contributed by atoms with E-state index in [1.807, 2.05) is 0 Å². The fraction of sp³-hybridized carbons (Fsp3) is 0.500. The third kappa shape index (κ3) is 3.06. The van der Waals surface area contributed by atoms with Crippen molar-refractivity contribution in [3.8, 4) is 0 Å². The maximum absolute atomic E-state index is 10.6. The predicted octanol–water partition coefficient (Wildman–Crippen LogP) is 0.915. The second-order valence-corrected chi connectivity index (χ2v) is 5.29. The van der Waals surface area contributed by atoms with E-state index in [2.05, 4.69) is 10.1 Å². The topological polar surface area (TPSA) is 81.3 Å². The molecule has 10 heteroatoms. The molecule has 1 aromatic rings. The average Bonchev–Trinajstić information content (AvgIpc) is 2.69. The molecule has 1 aliphatic heterocycles. The number of hydrogen-bond donors (Lipinski definition) is 1. The van der Waals surface area contributed by atoms with E-state index in [1.165, 1.54) is 11.3 Å². The van der Waals surface area contributed by atoms with Crippen molar-refractivity contribution in [3.63, 3.8) is 0 Å². The highest BCUT2D eigenvalue weighted by atomic mass is 35.5. The van der Waals surface area contributed by atoms with Gasteiger partial charge in [-0.05, 0) is 0 Å². The van der Waals surface area contributed by atoms with Crippen molar-refractivity contribution in [2.24, 2.45) is 5.10 Å². The van der Waals surface area contributed by atoms with Crippen LogP contribution in [0.1, 0.15) is 4.88 Å². The number of hydrazone groups is 1. The van der Waals surface area contributed by atoms with Crippen LogP contribution in [0.2, 0.25) is 4.47 Å². The first-order chi connectivity index (χ1) is 8.56. The largest absolute Gasteiger partial charge is 0.391 e. The van der Waals surface area contributed by atoms with Gasteiger partial charge < -0.3 is 14.5 Å². The molecule has 0 unspecified atom stereocenters. The van der Waals surface area contributed by atoms with Gasteiger partial charge in [-0.3, -0.25) is 0 Å². The Hall–Kier alpha value is -1.45. The minimum atomic E-state index is -0.468. The van der Waals surface area contributed by atoms with Gasteiger partial charge in [0.15, 0.2) is 4.47 Å². The lowest BCUT2D eigenvalue weighted by Crippen LogP contribution is -2.49. The van der Waals surface area contributed by atoms with Gasteiger partial charge in [-0.15, -0.1) is 11.3 Å². The predicted molar refractivity (Wildman–Crippen MR) is 64.1 cm³/mol. The van der Waals surface area contributed by atoms with Crippen LogP contribution in [-0.4, -0.2) is 51.5 Å². The first kappa shape index (κ1) is 13.0. The van der Waals surface area contributed by atoms with Crippen molar-refractivity contribution >= 4 is 28.9 Å². The maximum atomic E-state index is 10.6. The summed E-state index contributed by atoms with van der Waals surface area (Å²) in [5.74, 6) is 0.322. The number of nitrogens with zero attached hydrogens (tertiary/aromatic N) is 5. The molecule has 0 spiro atoms. The molecule has 0 atom stereocenters. The molecule has 8 nitrogen and oxygen atoms in total. The summed E-state index contributed by atoms with van der Waals surface area (Å²) in [6.07, 6.45) is 1.65. The third-order valence-corrected chi connectivity index (χ3v) is 3.30. The normalized spacial score (nSPS) is 18.4. The summed E-state index contributed by atoms with van der Waals surface area (Å²) in [6, 6.07) is 0. The Bertz CT molecular complexity index is 479. The van der Waals surface area contributed by atoms with Crippen LogP contribution in [0, 0.1) is 4.91 Å². The Morgan fingerprint density at radius 1 is 1.72 bits per heavy atom. The van der Waals surface area contributed by atoms with Crippen molar-refractivity contribution in [3.05, 3.63) is 20.4 Å². The van der Waals surface area contributed by atoms with E-state index in [9.17, 15) is 4.91 Å². The van der Waals surface area contributed by atoms with E-state index in [1.54, 1.807) is 23.0 Å². The highest BCUT2D eigenvalue weighted by molar-refractivity contribution is 7.15. The Morgan fingerprint density at radius 3 is 3.11 bits per heavy atom. The van der Waals surface area contributed by atoms with Crippen LogP contribution in [0.25, 0.3) is 0 Å². The van der Waals surface area contributed by atoms with E-state index in [-0.39, 0.29) is 6.73 Å². The number of aromatic nitrogens is 1. The molecule has 18 heavy (non-hydrogen) atoms. The number of guanidine groups is 1. The van der Waals surface area contributed by atoms with Gasteiger partial charge in [-0.2, -0.15) is 0 Å². The monoisotopic (exact) mass is 292 g/mol. The smallest absolute Gasteiger partial charge is 0.341 e. The molecule has 0 amide bonds. The molecular formula is C8H11ClN5O3S+. The lowest BCUT2D eigenvalue weighted by molar-refractivity contribution is -0.797. The van der Waals surface area contributed by atoms with Gasteiger partial charge >= 0.3 is 5.03 Å². The molecule has 0 radical (unpaired) electrons. The second-order valence-electron chi connectivity index (χ2n) is 3.59. The number of ether oxygens (including phenoxy) is 1. The minimum absolute atomic E-state index is 0.270. The summed E-state index contributed by atoms with van der Waals surface area (Å²) in [7, 11) is 1.70. The molecule has 2 rings (SSSR count). The second kappa shape index (κ2) is 5.46. The summed E-state index contributed by atoms with van der Waals surface area (Å²) >= 11 is 7.08. The van der Waals surface area contributed by atoms with Crippen molar-refractivity contribution in [1.82, 2.24) is 14.8 Å². The third-order valence-electron chi connectivity index (χ3n) is 2.20. The van der Waals surface area contributed by atoms with Gasteiger partial charge in [0.1, 0.15) is 23.5 Å². The highest BCUT2D eigenvalue weighted by Gasteiger charge is 2.26. The minimum Gasteiger partial charge on any atom is -0.341 e. The van der Waals surface area contributed by atoms with Crippen LogP contribution in [0.3, 0.4) is 0 Å². The summed E-state index contributed by atoms with van der Waals surface area (Å²) in [6.45, 7) is 1.01. The summed E-state index contributed by atoms with van der Waals surface area (Å²) in [5.41, 5.74) is 0. The number of hydrogen-bond acceptors (Lipinski definition) is 4. The number of thiazole rings is 1. The zero-order valence-corrected chi connectivity index (χ0v) is 11.1. The molecular weight excluding hydrogens is 282 g/mol. The quantitative estimate of drug-likeness (QED) is 0.834. The lowest BCUT2D eigenvalue weighted by Gasteiger charge is -2.33. The molecule has 1 aromatic heterocycles. The summed E-state index contributed by atoms with van der Waals surface area (Å²) < 4.78 is 5.75. The maximum Gasteiger partial charge on any atom is 0.391 e. The first-order valence-corrected chi connectivity index (χ1v) is 6.14. The fourth-order valence-electron chi connectivity index (χ4n) is 1.52. The molecule has 0 aliphatic carbocycles. The van der Waals surface area contributed by atoms with Crippen LogP contribution in [0.5, 0.6) is 0 Å². The molecule has 1 N–H and O–H groups in total. The van der Waals surface area contributed by atoms with Crippen LogP contribution in [-0.2, 0) is 11.3 Å². The van der Waals surface area contributed by atoms with E-state index in [0.29, 0.717) is 23.7 Å². The van der Waals surface area contributed by atoms with Gasteiger partial charge in [0, 0.05) is 18.1 Å². The van der Waals surface area contributed by atoms with Crippen LogP contribution >= 0.6 is 22.9 Å². The van der Waals surface area contributed by atoms with E-state index in [0.717, 1.165) is 4.88 Å². The van der Waals surface area contributed by atoms with Gasteiger partial charge in [0.05, 0.1) is 6.54 Å². The van der Waals surface area contributed by atoms with Crippen LogP contribution < -0.4 is 0 Å². The van der Waals surface area contributed by atoms with Crippen LogP contribution in [0.15, 0.2) is 11.3 Å². The Balaban J connectivity index is 2.15. The molecule has 1 aliphatic rings. The Morgan fingerprint density at radius 2 is 2.50 bits per heavy atom. The molecule has 1 fully saturated rings. The zero-order valence-electron chi connectivity index (χ0n) is 9.48. The van der Waals surface area contributed by atoms with E-state index in [4.69, 9.17) is 21.5 Å². The van der Waals surface area contributed by atoms with Crippen molar-refractivity contribution in [2.45, 2.75) is 6.54 Å². The Kier molecular flexibility index (Phi) is 3.94. The highest BCUT2D eigenvalue weighted by Crippen LogP contribution is 2.20. The van der Waals surface area contributed by atoms with Gasteiger partial charge in [0.2, 0.25) is 0 Å². The molecule has 98 valence electrons. The lowest BCUT2D eigenvalue weighted by atomic mass is 10.5. The van der Waals surface area contributed by atoms with Crippen LogP contribution in [0.4, 0.5) is 0 Å². The fourth-order valence-corrected chi connectivity index (χ4v) is 2.52. The van der Waals surface area contributed by atoms with Crippen molar-refractivity contribution in [2.75, 3.05) is 20.5 Å². The van der Waals surface area contributed by atoms with E-state index < -0.39 is 5.03 Å². The standard InChI is InChI=1S/C8H11ClN5O3S/c1-12-4-17-5-13(8(12)11-14(15)16)3-6-2-10-7(9)18-6/h2H,3-5H2,1H3,(H,15,16)/q+1/b11-8+. The molecule has 0 aromatic carbocycles. The molecule has 2 heterocycles. The van der Waals surface area contributed by atoms with E-state index >= 15 is 0 Å². The number of halogens is 1. The first-order valence-electron chi connectivity index (χ1n) is 4.95. The van der Waals surface area contributed by atoms with Crippen molar-refractivity contribution < 1.29 is 15.0 Å². The molecule has 0 bridgehead atoms. The van der Waals surface area contributed by atoms with Gasteiger partial charge in [-0.1, -0.05) is 11.6 Å². The summed E-state index contributed by atoms with van der Waals surface area (Å²) in [5, 5.41) is 11.7. The molecule has 1 saturated heterocycles. The van der Waals surface area contributed by atoms with Gasteiger partial charge in [0.25, 0.3) is 5.96 Å². The average molecular weight is 293 g/mol. The SMILES string of the molecule is CN1COCN(Cc2cnc(Cl)s2)/C1=N/[N+](=O)O. The Labute approximate surface area is 112 Å². The number of rotatable bonds is 3. The van der Waals surface area contributed by atoms with Gasteiger partial charge in [-0.25, -0.2) is 10.2 Å². The molecule has 0 saturated carbocycles. The summed E-state index contributed by atoms with van der Waals surface area (Å²) in [4.78, 5) is 18.7.